The predicted octanol–water partition coefficient (Wildman–Crippen LogP) is 2.36. The highest BCUT2D eigenvalue weighted by Gasteiger charge is 2.35. The summed E-state index contributed by atoms with van der Waals surface area (Å²) in [6.07, 6.45) is 1.66. The van der Waals surface area contributed by atoms with Crippen molar-refractivity contribution in [3.63, 3.8) is 0 Å². The molecule has 0 atom stereocenters. The van der Waals surface area contributed by atoms with Gasteiger partial charge in [0.15, 0.2) is 0 Å². The van der Waals surface area contributed by atoms with E-state index in [0.29, 0.717) is 12.2 Å². The Balaban J connectivity index is 1.96. The summed E-state index contributed by atoms with van der Waals surface area (Å²) in [4.78, 5) is 28.7. The lowest BCUT2D eigenvalue weighted by molar-refractivity contribution is -0.138. The SMILES string of the molecule is CC(C)(C(=O)NCc1ccccn1)C(=O)Nc1ccccc1. The summed E-state index contributed by atoms with van der Waals surface area (Å²) in [5.74, 6) is -0.691. The second-order valence-corrected chi connectivity index (χ2v) is 5.45. The van der Waals surface area contributed by atoms with Crippen LogP contribution in [-0.2, 0) is 16.1 Å². The third kappa shape index (κ3) is 3.91. The molecule has 1 heterocycles. The van der Waals surface area contributed by atoms with E-state index < -0.39 is 5.41 Å². The van der Waals surface area contributed by atoms with Crippen molar-refractivity contribution >= 4 is 17.5 Å². The molecule has 1 aromatic heterocycles. The predicted molar refractivity (Wildman–Crippen MR) is 84.9 cm³/mol. The standard InChI is InChI=1S/C17H19N3O2/c1-17(2,16(22)20-13-8-4-3-5-9-13)15(21)19-12-14-10-6-7-11-18-14/h3-11H,12H2,1-2H3,(H,19,21)(H,20,22). The maximum atomic E-state index is 12.3. The minimum Gasteiger partial charge on any atom is -0.350 e. The zero-order chi connectivity index (χ0) is 16.0. The average Bonchev–Trinajstić information content (AvgIpc) is 2.54. The first kappa shape index (κ1) is 15.7. The van der Waals surface area contributed by atoms with Gasteiger partial charge in [-0.1, -0.05) is 24.3 Å². The number of amides is 2. The van der Waals surface area contributed by atoms with E-state index in [2.05, 4.69) is 15.6 Å². The first-order valence-corrected chi connectivity index (χ1v) is 7.05. The monoisotopic (exact) mass is 297 g/mol. The molecule has 0 unspecified atom stereocenters. The van der Waals surface area contributed by atoms with Crippen LogP contribution in [-0.4, -0.2) is 16.8 Å². The van der Waals surface area contributed by atoms with Crippen LogP contribution in [0.3, 0.4) is 0 Å². The van der Waals surface area contributed by atoms with Gasteiger partial charge >= 0.3 is 0 Å². The molecule has 0 fully saturated rings. The summed E-state index contributed by atoms with van der Waals surface area (Å²) < 4.78 is 0. The quantitative estimate of drug-likeness (QED) is 0.832. The Morgan fingerprint density at radius 3 is 2.32 bits per heavy atom. The smallest absolute Gasteiger partial charge is 0.239 e. The fourth-order valence-electron chi connectivity index (χ4n) is 1.81. The molecule has 0 saturated carbocycles. The number of para-hydroxylation sites is 1. The molecule has 0 bridgehead atoms. The molecule has 0 radical (unpaired) electrons. The molecule has 2 N–H and O–H groups in total. The van der Waals surface area contributed by atoms with Crippen molar-refractivity contribution in [3.05, 3.63) is 60.4 Å². The molecular formula is C17H19N3O2. The van der Waals surface area contributed by atoms with Crippen molar-refractivity contribution < 1.29 is 9.59 Å². The topological polar surface area (TPSA) is 71.1 Å². The molecule has 0 aliphatic carbocycles. The lowest BCUT2D eigenvalue weighted by Gasteiger charge is -2.22. The summed E-state index contributed by atoms with van der Waals surface area (Å²) in [5.41, 5.74) is 0.234. The van der Waals surface area contributed by atoms with Gasteiger partial charge in [0, 0.05) is 11.9 Å². The fraction of sp³-hybridized carbons (Fsp3) is 0.235. The number of hydrogen-bond acceptors (Lipinski definition) is 3. The van der Waals surface area contributed by atoms with Crippen molar-refractivity contribution in [2.24, 2.45) is 5.41 Å². The van der Waals surface area contributed by atoms with Crippen LogP contribution in [0.5, 0.6) is 0 Å². The number of aromatic nitrogens is 1. The lowest BCUT2D eigenvalue weighted by atomic mass is 9.91. The van der Waals surface area contributed by atoms with Gasteiger partial charge in [0.1, 0.15) is 5.41 Å². The van der Waals surface area contributed by atoms with E-state index in [0.717, 1.165) is 5.69 Å². The Kier molecular flexibility index (Phi) is 4.88. The second-order valence-electron chi connectivity index (χ2n) is 5.45. The van der Waals surface area contributed by atoms with Crippen molar-refractivity contribution in [2.75, 3.05) is 5.32 Å². The van der Waals surface area contributed by atoms with Crippen LogP contribution in [0.15, 0.2) is 54.7 Å². The first-order chi connectivity index (χ1) is 10.5. The van der Waals surface area contributed by atoms with Crippen LogP contribution in [0.1, 0.15) is 19.5 Å². The highest BCUT2D eigenvalue weighted by molar-refractivity contribution is 6.09. The number of hydrogen-bond donors (Lipinski definition) is 2. The number of carbonyl (C=O) groups is 2. The van der Waals surface area contributed by atoms with E-state index in [1.165, 1.54) is 0 Å². The normalized spacial score (nSPS) is 10.8. The molecule has 5 heteroatoms. The van der Waals surface area contributed by atoms with Gasteiger partial charge in [-0.2, -0.15) is 0 Å². The van der Waals surface area contributed by atoms with Gasteiger partial charge < -0.3 is 10.6 Å². The van der Waals surface area contributed by atoms with E-state index in [4.69, 9.17) is 0 Å². The number of carbonyl (C=O) groups excluding carboxylic acids is 2. The summed E-state index contributed by atoms with van der Waals surface area (Å²) >= 11 is 0. The number of nitrogens with one attached hydrogen (secondary N) is 2. The molecule has 0 aliphatic heterocycles. The van der Waals surface area contributed by atoms with Crippen molar-refractivity contribution in [2.45, 2.75) is 20.4 Å². The van der Waals surface area contributed by atoms with E-state index in [1.807, 2.05) is 36.4 Å². The second kappa shape index (κ2) is 6.85. The Morgan fingerprint density at radius 2 is 1.68 bits per heavy atom. The summed E-state index contributed by atoms with van der Waals surface area (Å²) in [7, 11) is 0. The molecule has 0 saturated heterocycles. The van der Waals surface area contributed by atoms with Gasteiger partial charge in [-0.05, 0) is 38.1 Å². The van der Waals surface area contributed by atoms with Gasteiger partial charge in [0.2, 0.25) is 11.8 Å². The molecule has 114 valence electrons. The van der Waals surface area contributed by atoms with Crippen LogP contribution < -0.4 is 10.6 Å². The molecule has 2 amide bonds. The van der Waals surface area contributed by atoms with Crippen LogP contribution in [0, 0.1) is 5.41 Å². The number of rotatable bonds is 5. The minimum atomic E-state index is -1.18. The van der Waals surface area contributed by atoms with Crippen molar-refractivity contribution in [1.82, 2.24) is 10.3 Å². The average molecular weight is 297 g/mol. The van der Waals surface area contributed by atoms with Crippen LogP contribution in [0.4, 0.5) is 5.69 Å². The molecule has 2 aromatic rings. The lowest BCUT2D eigenvalue weighted by Crippen LogP contribution is -2.44. The summed E-state index contributed by atoms with van der Waals surface area (Å²) in [5, 5.41) is 5.49. The molecule has 0 aliphatic rings. The number of benzene rings is 1. The van der Waals surface area contributed by atoms with E-state index in [1.54, 1.807) is 32.2 Å². The summed E-state index contributed by atoms with van der Waals surface area (Å²) in [6.45, 7) is 3.49. The highest BCUT2D eigenvalue weighted by Crippen LogP contribution is 2.19. The summed E-state index contributed by atoms with van der Waals surface area (Å²) in [6, 6.07) is 14.5. The fourth-order valence-corrected chi connectivity index (χ4v) is 1.81. The van der Waals surface area contributed by atoms with E-state index >= 15 is 0 Å². The molecule has 0 spiro atoms. The van der Waals surface area contributed by atoms with Gasteiger partial charge in [0.25, 0.3) is 0 Å². The van der Waals surface area contributed by atoms with Crippen molar-refractivity contribution in [1.29, 1.82) is 0 Å². The van der Waals surface area contributed by atoms with E-state index in [-0.39, 0.29) is 11.8 Å². The Bertz CT molecular complexity index is 639. The number of pyridine rings is 1. The third-order valence-electron chi connectivity index (χ3n) is 3.32. The molecule has 2 rings (SSSR count). The molecule has 22 heavy (non-hydrogen) atoms. The minimum absolute atomic E-state index is 0.293. The largest absolute Gasteiger partial charge is 0.350 e. The first-order valence-electron chi connectivity index (χ1n) is 7.05. The van der Waals surface area contributed by atoms with Gasteiger partial charge in [0.05, 0.1) is 12.2 Å². The van der Waals surface area contributed by atoms with Crippen LogP contribution >= 0.6 is 0 Å². The molecule has 1 aromatic carbocycles. The Hall–Kier alpha value is -2.69. The van der Waals surface area contributed by atoms with Gasteiger partial charge in [-0.15, -0.1) is 0 Å². The number of nitrogens with zero attached hydrogens (tertiary/aromatic N) is 1. The highest BCUT2D eigenvalue weighted by atomic mass is 16.2. The zero-order valence-corrected chi connectivity index (χ0v) is 12.7. The number of anilines is 1. The Labute approximate surface area is 129 Å². The van der Waals surface area contributed by atoms with E-state index in [9.17, 15) is 9.59 Å². The third-order valence-corrected chi connectivity index (χ3v) is 3.32. The molecular weight excluding hydrogens is 278 g/mol. The van der Waals surface area contributed by atoms with Crippen LogP contribution in [0.25, 0.3) is 0 Å². The maximum Gasteiger partial charge on any atom is 0.239 e. The maximum absolute atomic E-state index is 12.3. The van der Waals surface area contributed by atoms with Gasteiger partial charge in [-0.3, -0.25) is 14.6 Å². The van der Waals surface area contributed by atoms with Gasteiger partial charge in [-0.25, -0.2) is 0 Å². The Morgan fingerprint density at radius 1 is 1.00 bits per heavy atom. The van der Waals surface area contributed by atoms with Crippen LogP contribution in [0.2, 0.25) is 0 Å². The molecule has 5 nitrogen and oxygen atoms in total. The van der Waals surface area contributed by atoms with Crippen molar-refractivity contribution in [3.8, 4) is 0 Å². The zero-order valence-electron chi connectivity index (χ0n) is 12.7.